The van der Waals surface area contributed by atoms with Gasteiger partial charge in [0.2, 0.25) is 5.91 Å². The maximum atomic E-state index is 11.5. The molecule has 0 unspecified atom stereocenters. The summed E-state index contributed by atoms with van der Waals surface area (Å²) >= 11 is 0. The number of carbonyl (C=O) groups excluding carboxylic acids is 1. The SMILES string of the molecule is CC(=O)N1C[C@H](c2ccccc2)NC[C@H]1C. The Bertz CT molecular complexity index is 363. The van der Waals surface area contributed by atoms with E-state index >= 15 is 0 Å². The van der Waals surface area contributed by atoms with Crippen LogP contribution in [0.5, 0.6) is 0 Å². The monoisotopic (exact) mass is 218 g/mol. The summed E-state index contributed by atoms with van der Waals surface area (Å²) in [5.74, 6) is 0.162. The minimum atomic E-state index is 0.162. The summed E-state index contributed by atoms with van der Waals surface area (Å²) in [4.78, 5) is 13.4. The third-order valence-corrected chi connectivity index (χ3v) is 3.18. The lowest BCUT2D eigenvalue weighted by atomic mass is 10.0. The average Bonchev–Trinajstić information content (AvgIpc) is 2.30. The van der Waals surface area contributed by atoms with Crippen LogP contribution in [0.25, 0.3) is 0 Å². The molecule has 3 heteroatoms. The van der Waals surface area contributed by atoms with Crippen LogP contribution in [0.15, 0.2) is 30.3 Å². The molecule has 0 bridgehead atoms. The maximum Gasteiger partial charge on any atom is 0.219 e. The molecule has 3 nitrogen and oxygen atoms in total. The molecule has 16 heavy (non-hydrogen) atoms. The molecule has 1 aromatic carbocycles. The number of piperazine rings is 1. The minimum Gasteiger partial charge on any atom is -0.337 e. The van der Waals surface area contributed by atoms with Crippen molar-refractivity contribution in [2.24, 2.45) is 0 Å². The van der Waals surface area contributed by atoms with Crippen LogP contribution < -0.4 is 5.32 Å². The number of nitrogens with zero attached hydrogens (tertiary/aromatic N) is 1. The smallest absolute Gasteiger partial charge is 0.219 e. The number of amides is 1. The normalized spacial score (nSPS) is 25.5. The van der Waals surface area contributed by atoms with Crippen LogP contribution in [0.1, 0.15) is 25.5 Å². The van der Waals surface area contributed by atoms with Crippen LogP contribution in [-0.2, 0) is 4.79 Å². The lowest BCUT2D eigenvalue weighted by molar-refractivity contribution is -0.132. The van der Waals surface area contributed by atoms with E-state index in [0.717, 1.165) is 13.1 Å². The number of benzene rings is 1. The van der Waals surface area contributed by atoms with Gasteiger partial charge in [-0.2, -0.15) is 0 Å². The second kappa shape index (κ2) is 4.66. The van der Waals surface area contributed by atoms with Crippen molar-refractivity contribution in [3.63, 3.8) is 0 Å². The molecule has 0 saturated carbocycles. The van der Waals surface area contributed by atoms with E-state index in [4.69, 9.17) is 0 Å². The first-order valence-corrected chi connectivity index (χ1v) is 5.74. The highest BCUT2D eigenvalue weighted by Crippen LogP contribution is 2.19. The van der Waals surface area contributed by atoms with Gasteiger partial charge >= 0.3 is 0 Å². The van der Waals surface area contributed by atoms with Gasteiger partial charge in [0, 0.05) is 32.1 Å². The highest BCUT2D eigenvalue weighted by molar-refractivity contribution is 5.73. The van der Waals surface area contributed by atoms with Gasteiger partial charge in [-0.1, -0.05) is 30.3 Å². The van der Waals surface area contributed by atoms with Gasteiger partial charge < -0.3 is 10.2 Å². The Hall–Kier alpha value is -1.35. The Morgan fingerprint density at radius 3 is 2.69 bits per heavy atom. The van der Waals surface area contributed by atoms with Crippen molar-refractivity contribution in [3.05, 3.63) is 35.9 Å². The molecule has 1 fully saturated rings. The Kier molecular flexibility index (Phi) is 3.25. The zero-order valence-corrected chi connectivity index (χ0v) is 9.81. The molecular formula is C13H18N2O. The summed E-state index contributed by atoms with van der Waals surface area (Å²) in [6, 6.07) is 10.8. The second-order valence-corrected chi connectivity index (χ2v) is 4.39. The van der Waals surface area contributed by atoms with E-state index in [9.17, 15) is 4.79 Å². The number of carbonyl (C=O) groups is 1. The third-order valence-electron chi connectivity index (χ3n) is 3.18. The van der Waals surface area contributed by atoms with Crippen molar-refractivity contribution in [1.29, 1.82) is 0 Å². The second-order valence-electron chi connectivity index (χ2n) is 4.39. The zero-order chi connectivity index (χ0) is 11.5. The Morgan fingerprint density at radius 2 is 2.06 bits per heavy atom. The largest absolute Gasteiger partial charge is 0.337 e. The molecule has 0 aliphatic carbocycles. The molecule has 2 atom stereocenters. The number of hydrogen-bond donors (Lipinski definition) is 1. The highest BCUT2D eigenvalue weighted by Gasteiger charge is 2.27. The summed E-state index contributed by atoms with van der Waals surface area (Å²) in [7, 11) is 0. The van der Waals surface area contributed by atoms with Crippen molar-refractivity contribution in [2.45, 2.75) is 25.9 Å². The fourth-order valence-corrected chi connectivity index (χ4v) is 2.21. The van der Waals surface area contributed by atoms with Crippen LogP contribution in [0.3, 0.4) is 0 Å². The quantitative estimate of drug-likeness (QED) is 0.776. The first-order chi connectivity index (χ1) is 7.68. The van der Waals surface area contributed by atoms with Gasteiger partial charge in [-0.15, -0.1) is 0 Å². The van der Waals surface area contributed by atoms with E-state index in [0.29, 0.717) is 0 Å². The average molecular weight is 218 g/mol. The summed E-state index contributed by atoms with van der Waals surface area (Å²) in [5, 5.41) is 3.48. The van der Waals surface area contributed by atoms with Crippen LogP contribution in [-0.4, -0.2) is 29.9 Å². The fraction of sp³-hybridized carbons (Fsp3) is 0.462. The summed E-state index contributed by atoms with van der Waals surface area (Å²) in [6.45, 7) is 5.35. The van der Waals surface area contributed by atoms with Gasteiger partial charge in [0.05, 0.1) is 0 Å². The molecule has 0 radical (unpaired) electrons. The molecule has 1 heterocycles. The maximum absolute atomic E-state index is 11.5. The summed E-state index contributed by atoms with van der Waals surface area (Å²) in [5.41, 5.74) is 1.25. The van der Waals surface area contributed by atoms with Gasteiger partial charge in [-0.25, -0.2) is 0 Å². The van der Waals surface area contributed by atoms with Crippen LogP contribution in [0, 0.1) is 0 Å². The van der Waals surface area contributed by atoms with Crippen molar-refractivity contribution in [2.75, 3.05) is 13.1 Å². The van der Waals surface area contributed by atoms with Crippen LogP contribution in [0.4, 0.5) is 0 Å². The third kappa shape index (κ3) is 2.25. The van der Waals surface area contributed by atoms with Crippen LogP contribution in [0.2, 0.25) is 0 Å². The minimum absolute atomic E-state index is 0.162. The molecule has 0 spiro atoms. The molecule has 1 aliphatic rings. The van der Waals surface area contributed by atoms with Gasteiger partial charge in [-0.3, -0.25) is 4.79 Å². The summed E-state index contributed by atoms with van der Waals surface area (Å²) in [6.07, 6.45) is 0. The molecule has 1 N–H and O–H groups in total. The first-order valence-electron chi connectivity index (χ1n) is 5.74. The van der Waals surface area contributed by atoms with Gasteiger partial charge in [-0.05, 0) is 12.5 Å². The molecule has 2 rings (SSSR count). The predicted octanol–water partition coefficient (Wildman–Crippen LogP) is 1.57. The molecule has 1 aromatic rings. The summed E-state index contributed by atoms with van der Waals surface area (Å²) < 4.78 is 0. The molecule has 1 saturated heterocycles. The van der Waals surface area contributed by atoms with Gasteiger partial charge in [0.25, 0.3) is 0 Å². The van der Waals surface area contributed by atoms with Gasteiger partial charge in [0.15, 0.2) is 0 Å². The zero-order valence-electron chi connectivity index (χ0n) is 9.81. The number of nitrogens with one attached hydrogen (secondary N) is 1. The van der Waals surface area contributed by atoms with E-state index in [1.54, 1.807) is 6.92 Å². The first kappa shape index (κ1) is 11.1. The standard InChI is InChI=1S/C13H18N2O/c1-10-8-14-13(9-15(10)11(2)16)12-6-4-3-5-7-12/h3-7,10,13-14H,8-9H2,1-2H3/t10-,13-/m1/s1. The van der Waals surface area contributed by atoms with E-state index in [1.165, 1.54) is 5.56 Å². The number of hydrogen-bond acceptors (Lipinski definition) is 2. The molecule has 86 valence electrons. The fourth-order valence-electron chi connectivity index (χ4n) is 2.21. The lowest BCUT2D eigenvalue weighted by Gasteiger charge is -2.38. The predicted molar refractivity (Wildman–Crippen MR) is 64.0 cm³/mol. The lowest BCUT2D eigenvalue weighted by Crippen LogP contribution is -2.53. The Balaban J connectivity index is 2.12. The van der Waals surface area contributed by atoms with Crippen LogP contribution >= 0.6 is 0 Å². The van der Waals surface area contributed by atoms with E-state index in [2.05, 4.69) is 24.4 Å². The Morgan fingerprint density at radius 1 is 1.38 bits per heavy atom. The van der Waals surface area contributed by atoms with E-state index in [1.807, 2.05) is 23.1 Å². The van der Waals surface area contributed by atoms with Crippen molar-refractivity contribution in [1.82, 2.24) is 10.2 Å². The molecule has 1 aliphatic heterocycles. The van der Waals surface area contributed by atoms with Crippen molar-refractivity contribution in [3.8, 4) is 0 Å². The highest BCUT2D eigenvalue weighted by atomic mass is 16.2. The van der Waals surface area contributed by atoms with Gasteiger partial charge in [0.1, 0.15) is 0 Å². The number of rotatable bonds is 1. The van der Waals surface area contributed by atoms with Crippen molar-refractivity contribution < 1.29 is 4.79 Å². The van der Waals surface area contributed by atoms with Crippen molar-refractivity contribution >= 4 is 5.91 Å². The Labute approximate surface area is 96.5 Å². The van der Waals surface area contributed by atoms with E-state index in [-0.39, 0.29) is 18.0 Å². The topological polar surface area (TPSA) is 32.3 Å². The molecular weight excluding hydrogens is 200 g/mol. The van der Waals surface area contributed by atoms with E-state index < -0.39 is 0 Å². The molecule has 1 amide bonds. The molecule has 0 aromatic heterocycles.